The highest BCUT2D eigenvalue weighted by Gasteiger charge is 2.48. The number of aryl methyl sites for hydroxylation is 1. The van der Waals surface area contributed by atoms with E-state index in [4.69, 9.17) is 0 Å². The molecule has 2 amide bonds. The van der Waals surface area contributed by atoms with E-state index in [-0.39, 0.29) is 47.5 Å². The SMILES string of the molecule is C=CC(=O)N[C@H]1C[C@@H](c2cn[nH]n2)CN(Cc2cc3c(c(C(F)(F)F)c2)CN(c2cccc(C4(c5nncn5C)CC(C)C4)c2)C3=O)C1. The number of nitrogens with zero attached hydrogens (tertiary/aromatic N) is 7. The highest BCUT2D eigenvalue weighted by molar-refractivity contribution is 6.10. The molecule has 11 nitrogen and oxygen atoms in total. The molecule has 2 fully saturated rings. The first-order valence-electron chi connectivity index (χ1n) is 16.0. The van der Waals surface area contributed by atoms with Gasteiger partial charge in [-0.05, 0) is 72.2 Å². The van der Waals surface area contributed by atoms with Gasteiger partial charge in [-0.1, -0.05) is 25.6 Å². The van der Waals surface area contributed by atoms with Crippen LogP contribution in [0.25, 0.3) is 0 Å². The van der Waals surface area contributed by atoms with E-state index in [0.717, 1.165) is 30.3 Å². The monoisotopic (exact) mass is 659 g/mol. The molecule has 3 aliphatic rings. The van der Waals surface area contributed by atoms with Gasteiger partial charge in [0, 0.05) is 49.9 Å². The average molecular weight is 660 g/mol. The predicted molar refractivity (Wildman–Crippen MR) is 170 cm³/mol. The van der Waals surface area contributed by atoms with Crippen molar-refractivity contribution < 1.29 is 22.8 Å². The van der Waals surface area contributed by atoms with Gasteiger partial charge < -0.3 is 14.8 Å². The maximum atomic E-state index is 14.6. The number of halogens is 3. The molecule has 0 radical (unpaired) electrons. The van der Waals surface area contributed by atoms with Gasteiger partial charge in [-0.25, -0.2) is 0 Å². The van der Waals surface area contributed by atoms with Gasteiger partial charge in [0.15, 0.2) is 0 Å². The molecule has 7 rings (SSSR count). The summed E-state index contributed by atoms with van der Waals surface area (Å²) in [7, 11) is 1.90. The number of benzene rings is 2. The van der Waals surface area contributed by atoms with Gasteiger partial charge >= 0.3 is 6.18 Å². The lowest BCUT2D eigenvalue weighted by Gasteiger charge is -2.46. The van der Waals surface area contributed by atoms with Crippen molar-refractivity contribution in [3.05, 3.63) is 101 Å². The summed E-state index contributed by atoms with van der Waals surface area (Å²) in [6.45, 7) is 6.55. The molecule has 1 saturated carbocycles. The number of fused-ring (bicyclic) bond motifs is 1. The van der Waals surface area contributed by atoms with Gasteiger partial charge in [-0.3, -0.25) is 14.5 Å². The number of nitrogens with one attached hydrogen (secondary N) is 2. The first-order valence-corrected chi connectivity index (χ1v) is 16.0. The fraction of sp³-hybridized carbons (Fsp3) is 0.412. The van der Waals surface area contributed by atoms with E-state index in [2.05, 4.69) is 44.4 Å². The number of amides is 2. The normalized spacial score (nSPS) is 24.3. The van der Waals surface area contributed by atoms with Gasteiger partial charge in [0.05, 0.1) is 29.4 Å². The van der Waals surface area contributed by atoms with Crippen LogP contribution in [0, 0.1) is 5.92 Å². The number of aromatic amines is 1. The summed E-state index contributed by atoms with van der Waals surface area (Å²) in [6.07, 6.45) is 2.09. The van der Waals surface area contributed by atoms with Crippen molar-refractivity contribution >= 4 is 17.5 Å². The van der Waals surface area contributed by atoms with Crippen LogP contribution in [-0.2, 0) is 36.5 Å². The topological polar surface area (TPSA) is 125 Å². The van der Waals surface area contributed by atoms with Crippen LogP contribution in [0.5, 0.6) is 0 Å². The van der Waals surface area contributed by atoms with Crippen LogP contribution >= 0.6 is 0 Å². The fourth-order valence-corrected chi connectivity index (χ4v) is 7.95. The summed E-state index contributed by atoms with van der Waals surface area (Å²) in [5.41, 5.74) is 1.38. The summed E-state index contributed by atoms with van der Waals surface area (Å²) >= 11 is 0. The minimum absolute atomic E-state index is 0.0304. The Kier molecular flexibility index (Phi) is 7.93. The smallest absolute Gasteiger partial charge is 0.349 e. The number of hydrogen-bond donors (Lipinski definition) is 2. The van der Waals surface area contributed by atoms with E-state index in [9.17, 15) is 22.8 Å². The third-order valence-corrected chi connectivity index (χ3v) is 9.97. The lowest BCUT2D eigenvalue weighted by Crippen LogP contribution is -2.49. The van der Waals surface area contributed by atoms with Gasteiger partial charge in [0.1, 0.15) is 12.2 Å². The number of hydrogen-bond acceptors (Lipinski definition) is 7. The zero-order valence-corrected chi connectivity index (χ0v) is 26.7. The first kappa shape index (κ1) is 31.7. The quantitative estimate of drug-likeness (QED) is 0.267. The van der Waals surface area contributed by atoms with E-state index >= 15 is 0 Å². The molecule has 0 unspecified atom stereocenters. The van der Waals surface area contributed by atoms with Crippen LogP contribution in [-0.4, -0.2) is 66.0 Å². The Morgan fingerprint density at radius 3 is 2.69 bits per heavy atom. The Hall–Kier alpha value is -4.85. The highest BCUT2D eigenvalue weighted by atomic mass is 19.4. The number of aromatic nitrogens is 6. The van der Waals surface area contributed by atoms with Gasteiger partial charge in [0.25, 0.3) is 5.91 Å². The van der Waals surface area contributed by atoms with Crippen molar-refractivity contribution in [3.8, 4) is 0 Å². The van der Waals surface area contributed by atoms with Crippen molar-refractivity contribution in [2.24, 2.45) is 13.0 Å². The van der Waals surface area contributed by atoms with Crippen LogP contribution < -0.4 is 10.2 Å². The molecule has 0 spiro atoms. The van der Waals surface area contributed by atoms with E-state index in [0.29, 0.717) is 42.4 Å². The molecular formula is C34H36F3N9O2. The van der Waals surface area contributed by atoms with Crippen molar-refractivity contribution in [2.75, 3.05) is 18.0 Å². The maximum absolute atomic E-state index is 14.6. The Balaban J connectivity index is 1.19. The van der Waals surface area contributed by atoms with Crippen LogP contribution in [0.3, 0.4) is 0 Å². The standard InChI is InChI=1S/C34H36F3N9O2/c1-4-30(47)40-24-10-22(29-14-38-43-41-29)16-45(17-24)15-21-8-26-27(28(9-21)34(35,36)37)18-46(31(26)48)25-7-5-6-23(11-25)33(12-20(2)13-33)32-42-39-19-44(32)3/h4-9,11,14,19-20,22,24H,1,10,12-13,15-18H2,2-3H3,(H,40,47)(H,38,41,43)/t20?,22-,24+,33?/m1/s1. The van der Waals surface area contributed by atoms with Gasteiger partial charge in [-0.15, -0.1) is 10.2 Å². The molecule has 1 saturated heterocycles. The highest BCUT2D eigenvalue weighted by Crippen LogP contribution is 2.52. The van der Waals surface area contributed by atoms with E-state index < -0.39 is 17.6 Å². The van der Waals surface area contributed by atoms with Crippen LogP contribution in [0.4, 0.5) is 18.9 Å². The summed E-state index contributed by atoms with van der Waals surface area (Å²) in [6, 6.07) is 9.98. The van der Waals surface area contributed by atoms with Gasteiger partial charge in [-0.2, -0.15) is 28.6 Å². The number of likely N-dealkylation sites (tertiary alicyclic amines) is 1. The average Bonchev–Trinajstić information content (AvgIpc) is 3.80. The summed E-state index contributed by atoms with van der Waals surface area (Å²) < 4.78 is 45.8. The second kappa shape index (κ2) is 12.0. The molecule has 4 aromatic rings. The molecule has 2 atom stereocenters. The molecule has 2 aromatic heterocycles. The summed E-state index contributed by atoms with van der Waals surface area (Å²) in [5.74, 6) is 0.376. The van der Waals surface area contributed by atoms with E-state index in [1.165, 1.54) is 11.0 Å². The number of H-pyrrole nitrogens is 1. The minimum Gasteiger partial charge on any atom is -0.349 e. The molecule has 2 N–H and O–H groups in total. The van der Waals surface area contributed by atoms with Crippen LogP contribution in [0.2, 0.25) is 0 Å². The molecule has 0 bridgehead atoms. The molecule has 1 aliphatic carbocycles. The lowest BCUT2D eigenvalue weighted by atomic mass is 9.58. The zero-order chi connectivity index (χ0) is 33.8. The molecule has 4 heterocycles. The van der Waals surface area contributed by atoms with Crippen molar-refractivity contribution in [3.63, 3.8) is 0 Å². The van der Waals surface area contributed by atoms with E-state index in [1.807, 2.05) is 34.7 Å². The second-order valence-electron chi connectivity index (χ2n) is 13.4. The number of piperidine rings is 1. The number of rotatable bonds is 8. The Bertz CT molecular complexity index is 1860. The molecule has 48 heavy (non-hydrogen) atoms. The molecule has 2 aliphatic heterocycles. The van der Waals surface area contributed by atoms with Crippen molar-refractivity contribution in [1.82, 2.24) is 40.4 Å². The third kappa shape index (κ3) is 5.67. The first-order chi connectivity index (χ1) is 22.9. The summed E-state index contributed by atoms with van der Waals surface area (Å²) in [4.78, 5) is 29.5. The predicted octanol–water partition coefficient (Wildman–Crippen LogP) is 4.49. The van der Waals surface area contributed by atoms with Gasteiger partial charge in [0.2, 0.25) is 5.91 Å². The largest absolute Gasteiger partial charge is 0.416 e. The van der Waals surface area contributed by atoms with Crippen LogP contribution in [0.15, 0.2) is 61.6 Å². The number of anilines is 1. The van der Waals surface area contributed by atoms with E-state index in [1.54, 1.807) is 24.7 Å². The zero-order valence-electron chi connectivity index (χ0n) is 26.7. The Morgan fingerprint density at radius 1 is 1.21 bits per heavy atom. The summed E-state index contributed by atoms with van der Waals surface area (Å²) in [5, 5.41) is 22.1. The molecular weight excluding hydrogens is 623 g/mol. The minimum atomic E-state index is -4.67. The molecule has 250 valence electrons. The maximum Gasteiger partial charge on any atom is 0.416 e. The fourth-order valence-electron chi connectivity index (χ4n) is 7.95. The second-order valence-corrected chi connectivity index (χ2v) is 13.4. The number of carbonyl (C=O) groups is 2. The lowest BCUT2D eigenvalue weighted by molar-refractivity contribution is -0.138. The molecule has 14 heteroatoms. The van der Waals surface area contributed by atoms with Crippen molar-refractivity contribution in [1.29, 1.82) is 0 Å². The Labute approximate surface area is 275 Å². The Morgan fingerprint density at radius 2 is 2.02 bits per heavy atom. The molecule has 2 aromatic carbocycles. The van der Waals surface area contributed by atoms with Crippen molar-refractivity contribution in [2.45, 2.75) is 62.8 Å². The number of carbonyl (C=O) groups excluding carboxylic acids is 2. The number of alkyl halides is 3. The third-order valence-electron chi connectivity index (χ3n) is 9.97. The van der Waals surface area contributed by atoms with Crippen LogP contribution in [0.1, 0.15) is 76.2 Å².